The first kappa shape index (κ1) is 22.8. The Kier molecular flexibility index (Phi) is 6.90. The van der Waals surface area contributed by atoms with Gasteiger partial charge in [-0.2, -0.15) is 0 Å². The van der Waals surface area contributed by atoms with Crippen molar-refractivity contribution in [1.82, 2.24) is 29.9 Å². The second-order valence-corrected chi connectivity index (χ2v) is 10.5. The molecule has 2 aromatic heterocycles. The first-order valence-corrected chi connectivity index (χ1v) is 12.2. The lowest BCUT2D eigenvalue weighted by atomic mass is 10.1. The van der Waals surface area contributed by atoms with Crippen molar-refractivity contribution in [3.8, 4) is 0 Å². The molecule has 1 saturated carbocycles. The Morgan fingerprint density at radius 2 is 1.94 bits per heavy atom. The average molecular weight is 461 g/mol. The average Bonchev–Trinajstić information content (AvgIpc) is 3.29. The molecule has 0 bridgehead atoms. The maximum Gasteiger partial charge on any atom is 0.234 e. The molecule has 0 unspecified atom stereocenters. The second kappa shape index (κ2) is 9.66. The summed E-state index contributed by atoms with van der Waals surface area (Å²) in [6.45, 7) is 9.55. The quantitative estimate of drug-likeness (QED) is 0.602. The van der Waals surface area contributed by atoms with Crippen molar-refractivity contribution in [2.24, 2.45) is 0 Å². The van der Waals surface area contributed by atoms with Crippen LogP contribution in [0.2, 0.25) is 0 Å². The van der Waals surface area contributed by atoms with Gasteiger partial charge in [-0.25, -0.2) is 0 Å². The third-order valence-electron chi connectivity index (χ3n) is 5.51. The molecule has 2 amide bonds. The standard InChI is InChI=1S/C22H32N6O3S/c1-22(2,3)23-18(29)14-26-8-10-27(11-9-26)19(30)15-32-21-25-24-20(16-6-7-16)28(21)13-17-5-4-12-31-17/h4-5,12,16H,6-11,13-15H2,1-3H3,(H,23,29). The van der Waals surface area contributed by atoms with Crippen molar-refractivity contribution in [1.29, 1.82) is 0 Å². The highest BCUT2D eigenvalue weighted by molar-refractivity contribution is 7.99. The van der Waals surface area contributed by atoms with Crippen molar-refractivity contribution < 1.29 is 14.0 Å². The van der Waals surface area contributed by atoms with E-state index in [1.54, 1.807) is 6.26 Å². The van der Waals surface area contributed by atoms with Crippen LogP contribution in [0.1, 0.15) is 51.1 Å². The minimum absolute atomic E-state index is 0.0233. The van der Waals surface area contributed by atoms with E-state index in [-0.39, 0.29) is 17.4 Å². The van der Waals surface area contributed by atoms with Crippen LogP contribution < -0.4 is 5.32 Å². The van der Waals surface area contributed by atoms with E-state index in [0.717, 1.165) is 29.6 Å². The summed E-state index contributed by atoms with van der Waals surface area (Å²) in [6, 6.07) is 3.82. The molecule has 1 aliphatic heterocycles. The number of furan rings is 1. The zero-order valence-corrected chi connectivity index (χ0v) is 19.9. The highest BCUT2D eigenvalue weighted by Gasteiger charge is 2.31. The van der Waals surface area contributed by atoms with Crippen molar-refractivity contribution in [2.45, 2.75) is 56.8 Å². The van der Waals surface area contributed by atoms with Gasteiger partial charge in [-0.05, 0) is 45.7 Å². The molecule has 3 heterocycles. The summed E-state index contributed by atoms with van der Waals surface area (Å²) in [6.07, 6.45) is 3.94. The molecule has 4 rings (SSSR count). The SMILES string of the molecule is CC(C)(C)NC(=O)CN1CCN(C(=O)CSc2nnc(C3CC3)n2Cc2ccco2)CC1. The number of piperazine rings is 1. The van der Waals surface area contributed by atoms with Crippen molar-refractivity contribution >= 4 is 23.6 Å². The Labute approximate surface area is 192 Å². The molecule has 174 valence electrons. The van der Waals surface area contributed by atoms with Gasteiger partial charge in [-0.1, -0.05) is 11.8 Å². The van der Waals surface area contributed by atoms with Crippen LogP contribution in [0.5, 0.6) is 0 Å². The fraction of sp³-hybridized carbons (Fsp3) is 0.636. The van der Waals surface area contributed by atoms with E-state index in [4.69, 9.17) is 4.42 Å². The molecule has 2 aliphatic rings. The Hall–Kier alpha value is -2.33. The summed E-state index contributed by atoms with van der Waals surface area (Å²) in [4.78, 5) is 28.9. The Morgan fingerprint density at radius 1 is 1.19 bits per heavy atom. The van der Waals surface area contributed by atoms with E-state index >= 15 is 0 Å². The van der Waals surface area contributed by atoms with Gasteiger partial charge in [0.05, 0.1) is 25.1 Å². The number of nitrogens with zero attached hydrogens (tertiary/aromatic N) is 5. The smallest absolute Gasteiger partial charge is 0.234 e. The first-order valence-electron chi connectivity index (χ1n) is 11.2. The van der Waals surface area contributed by atoms with E-state index in [1.807, 2.05) is 37.8 Å². The lowest BCUT2D eigenvalue weighted by Crippen LogP contribution is -2.53. The van der Waals surface area contributed by atoms with Crippen molar-refractivity contribution in [3.05, 3.63) is 30.0 Å². The Balaban J connectivity index is 1.27. The minimum Gasteiger partial charge on any atom is -0.467 e. The molecule has 1 saturated heterocycles. The second-order valence-electron chi connectivity index (χ2n) is 9.52. The molecule has 2 fully saturated rings. The van der Waals surface area contributed by atoms with Crippen LogP contribution in [-0.4, -0.2) is 80.4 Å². The third kappa shape index (κ3) is 6.13. The molecular formula is C22H32N6O3S. The number of carbonyl (C=O) groups is 2. The number of carbonyl (C=O) groups excluding carboxylic acids is 2. The molecule has 0 aromatic carbocycles. The van der Waals surface area contributed by atoms with E-state index in [9.17, 15) is 9.59 Å². The normalized spacial score (nSPS) is 17.5. The summed E-state index contributed by atoms with van der Waals surface area (Å²) < 4.78 is 7.59. The predicted molar refractivity (Wildman–Crippen MR) is 121 cm³/mol. The van der Waals surface area contributed by atoms with Crippen LogP contribution in [0.4, 0.5) is 0 Å². The van der Waals surface area contributed by atoms with Gasteiger partial charge in [-0.15, -0.1) is 10.2 Å². The number of nitrogens with one attached hydrogen (secondary N) is 1. The van der Waals surface area contributed by atoms with Gasteiger partial charge in [0, 0.05) is 37.6 Å². The molecule has 10 heteroatoms. The van der Waals surface area contributed by atoms with Crippen LogP contribution in [0.3, 0.4) is 0 Å². The molecule has 2 aromatic rings. The number of amides is 2. The largest absolute Gasteiger partial charge is 0.467 e. The minimum atomic E-state index is -0.233. The number of thioether (sulfide) groups is 1. The zero-order valence-electron chi connectivity index (χ0n) is 19.0. The van der Waals surface area contributed by atoms with Gasteiger partial charge in [0.2, 0.25) is 11.8 Å². The number of hydrogen-bond acceptors (Lipinski definition) is 7. The van der Waals surface area contributed by atoms with Crippen LogP contribution in [0.25, 0.3) is 0 Å². The number of aromatic nitrogens is 3. The lowest BCUT2D eigenvalue weighted by Gasteiger charge is -2.34. The van der Waals surface area contributed by atoms with Crippen LogP contribution in [0, 0.1) is 0 Å². The molecule has 1 aliphatic carbocycles. The van der Waals surface area contributed by atoms with Gasteiger partial charge in [0.1, 0.15) is 11.6 Å². The summed E-state index contributed by atoms with van der Waals surface area (Å²) in [7, 11) is 0. The predicted octanol–water partition coefficient (Wildman–Crippen LogP) is 1.95. The summed E-state index contributed by atoms with van der Waals surface area (Å²) in [5, 5.41) is 12.5. The number of hydrogen-bond donors (Lipinski definition) is 1. The monoisotopic (exact) mass is 460 g/mol. The highest BCUT2D eigenvalue weighted by Crippen LogP contribution is 2.40. The fourth-order valence-electron chi connectivity index (χ4n) is 3.79. The van der Waals surface area contributed by atoms with E-state index < -0.39 is 0 Å². The maximum atomic E-state index is 12.8. The van der Waals surface area contributed by atoms with Crippen LogP contribution in [0.15, 0.2) is 28.0 Å². The van der Waals surface area contributed by atoms with Gasteiger partial charge in [-0.3, -0.25) is 19.1 Å². The van der Waals surface area contributed by atoms with Crippen molar-refractivity contribution in [3.63, 3.8) is 0 Å². The summed E-state index contributed by atoms with van der Waals surface area (Å²) in [5.41, 5.74) is -0.233. The van der Waals surface area contributed by atoms with E-state index in [2.05, 4.69) is 25.0 Å². The van der Waals surface area contributed by atoms with Crippen LogP contribution in [-0.2, 0) is 16.1 Å². The third-order valence-corrected chi connectivity index (χ3v) is 6.46. The first-order chi connectivity index (χ1) is 15.3. The number of rotatable bonds is 8. The van der Waals surface area contributed by atoms with Gasteiger partial charge >= 0.3 is 0 Å². The zero-order chi connectivity index (χ0) is 22.7. The molecule has 32 heavy (non-hydrogen) atoms. The Bertz CT molecular complexity index is 924. The molecule has 0 spiro atoms. The van der Waals surface area contributed by atoms with E-state index in [1.165, 1.54) is 11.8 Å². The van der Waals surface area contributed by atoms with Gasteiger partial charge < -0.3 is 14.6 Å². The Morgan fingerprint density at radius 3 is 2.56 bits per heavy atom. The molecule has 0 radical (unpaired) electrons. The van der Waals surface area contributed by atoms with Gasteiger partial charge in [0.25, 0.3) is 0 Å². The lowest BCUT2D eigenvalue weighted by molar-refractivity contribution is -0.130. The summed E-state index contributed by atoms with van der Waals surface area (Å²) >= 11 is 1.43. The molecule has 1 N–H and O–H groups in total. The fourth-order valence-corrected chi connectivity index (χ4v) is 4.64. The van der Waals surface area contributed by atoms with Gasteiger partial charge in [0.15, 0.2) is 5.16 Å². The van der Waals surface area contributed by atoms with Crippen molar-refractivity contribution in [2.75, 3.05) is 38.5 Å². The topological polar surface area (TPSA) is 96.5 Å². The van der Waals surface area contributed by atoms with E-state index in [0.29, 0.717) is 50.9 Å². The molecular weight excluding hydrogens is 428 g/mol. The molecule has 0 atom stereocenters. The summed E-state index contributed by atoms with van der Waals surface area (Å²) in [5.74, 6) is 2.74. The molecule has 9 nitrogen and oxygen atoms in total. The maximum absolute atomic E-state index is 12.8. The highest BCUT2D eigenvalue weighted by atomic mass is 32.2. The van der Waals surface area contributed by atoms with Crippen LogP contribution >= 0.6 is 11.8 Å².